The molecule has 2 heterocycles. The molecule has 2 amide bonds. The Hall–Kier alpha value is -2.46. The van der Waals surface area contributed by atoms with Crippen LogP contribution in [0, 0.1) is 17.0 Å². The van der Waals surface area contributed by atoms with E-state index < -0.39 is 10.7 Å². The predicted octanol–water partition coefficient (Wildman–Crippen LogP) is 2.28. The Morgan fingerprint density at radius 2 is 2.25 bits per heavy atom. The van der Waals surface area contributed by atoms with Crippen LogP contribution in [0.15, 0.2) is 30.6 Å². The molecule has 0 saturated carbocycles. The third kappa shape index (κ3) is 3.10. The van der Waals surface area contributed by atoms with E-state index in [4.69, 9.17) is 5.11 Å². The molecule has 1 fully saturated rings. The molecule has 0 spiro atoms. The van der Waals surface area contributed by atoms with Gasteiger partial charge in [-0.25, -0.2) is 9.44 Å². The van der Waals surface area contributed by atoms with Crippen LogP contribution in [-0.4, -0.2) is 35.8 Å². The summed E-state index contributed by atoms with van der Waals surface area (Å²) in [5.41, 5.74) is 1.18. The molecule has 1 aromatic carbocycles. The van der Waals surface area contributed by atoms with Gasteiger partial charge in [0.05, 0.1) is 12.7 Å². The number of aliphatic hydroxyl groups excluding tert-OH is 1. The quantitative estimate of drug-likeness (QED) is 0.392. The van der Waals surface area contributed by atoms with Crippen molar-refractivity contribution in [1.29, 1.82) is 0 Å². The zero-order valence-corrected chi connectivity index (χ0v) is 13.3. The Labute approximate surface area is 140 Å². The van der Waals surface area contributed by atoms with E-state index in [0.29, 0.717) is 31.5 Å². The highest BCUT2D eigenvalue weighted by Gasteiger charge is 2.34. The van der Waals surface area contributed by atoms with Gasteiger partial charge in [0, 0.05) is 48.5 Å². The van der Waals surface area contributed by atoms with E-state index in [-0.39, 0.29) is 13.2 Å². The lowest BCUT2D eigenvalue weighted by Crippen LogP contribution is -2.59. The lowest BCUT2D eigenvalue weighted by atomic mass is 10.1. The van der Waals surface area contributed by atoms with Crippen molar-refractivity contribution in [3.8, 4) is 11.8 Å². The highest BCUT2D eigenvalue weighted by Crippen LogP contribution is 2.32. The number of fused-ring (bicyclic) bond motifs is 1. The Bertz CT molecular complexity index is 825. The van der Waals surface area contributed by atoms with E-state index in [1.165, 1.54) is 6.20 Å². The first-order valence-electron chi connectivity index (χ1n) is 8.01. The van der Waals surface area contributed by atoms with E-state index >= 15 is 0 Å². The second kappa shape index (κ2) is 6.97. The van der Waals surface area contributed by atoms with Crippen LogP contribution < -0.4 is 9.96 Å². The number of amides is 2. The fraction of sp³-hybridized carbons (Fsp3) is 0.333. The van der Waals surface area contributed by atoms with Gasteiger partial charge in [-0.15, -0.1) is 0 Å². The third-order valence-corrected chi connectivity index (χ3v) is 4.07. The van der Waals surface area contributed by atoms with Crippen molar-refractivity contribution >= 4 is 22.5 Å². The first-order valence-corrected chi connectivity index (χ1v) is 8.01. The number of hydroxylamine groups is 2. The number of unbranched alkanes of at least 4 members (excludes halogenated alkanes) is 1. The van der Waals surface area contributed by atoms with E-state index in [1.807, 2.05) is 18.2 Å². The van der Waals surface area contributed by atoms with E-state index in [1.54, 1.807) is 6.20 Å². The van der Waals surface area contributed by atoms with Gasteiger partial charge in [0.15, 0.2) is 5.69 Å². The maximum Gasteiger partial charge on any atom is 0.421 e. The number of hydrogen-bond donors (Lipinski definition) is 2. The number of carbonyl (C=O) groups excluding carboxylic acids is 1. The van der Waals surface area contributed by atoms with Gasteiger partial charge in [0.25, 0.3) is 0 Å². The summed E-state index contributed by atoms with van der Waals surface area (Å²) in [5, 5.41) is 25.9. The lowest BCUT2D eigenvalue weighted by molar-refractivity contribution is 0.206. The molecule has 2 N–H and O–H groups in total. The molecule has 2 aromatic rings. The van der Waals surface area contributed by atoms with Crippen LogP contribution in [0.2, 0.25) is 0 Å². The zero-order valence-electron chi connectivity index (χ0n) is 13.3. The van der Waals surface area contributed by atoms with Crippen molar-refractivity contribution in [1.82, 2.24) is 14.9 Å². The van der Waals surface area contributed by atoms with Gasteiger partial charge >= 0.3 is 6.03 Å². The summed E-state index contributed by atoms with van der Waals surface area (Å²) >= 11 is 0. The number of hydrogen-bond acceptors (Lipinski definition) is 4. The summed E-state index contributed by atoms with van der Waals surface area (Å²) in [7, 11) is 0. The maximum absolute atomic E-state index is 13.0. The van der Waals surface area contributed by atoms with Crippen molar-refractivity contribution in [3.05, 3.63) is 41.4 Å². The first-order chi connectivity index (χ1) is 11.6. The normalized spacial score (nSPS) is 20.3. The van der Waals surface area contributed by atoms with Crippen LogP contribution in [0.5, 0.6) is 0 Å². The van der Waals surface area contributed by atoms with Gasteiger partial charge in [0.2, 0.25) is 0 Å². The molecule has 6 heteroatoms. The van der Waals surface area contributed by atoms with Crippen LogP contribution in [0.25, 0.3) is 10.8 Å². The highest BCUT2D eigenvalue weighted by molar-refractivity contribution is 6.00. The van der Waals surface area contributed by atoms with Gasteiger partial charge in [-0.2, -0.15) is 0 Å². The minimum absolute atomic E-state index is 0.130. The number of aromatic nitrogens is 1. The molecule has 1 unspecified atom stereocenters. The van der Waals surface area contributed by atoms with Crippen molar-refractivity contribution < 1.29 is 9.90 Å². The van der Waals surface area contributed by atoms with Crippen molar-refractivity contribution in [2.75, 3.05) is 19.7 Å². The second-order valence-electron chi connectivity index (χ2n) is 5.77. The summed E-state index contributed by atoms with van der Waals surface area (Å²) in [6.07, 6.45) is 5.07. The topological polar surface area (TPSA) is 85.3 Å². The number of nitrogens with one attached hydrogen (secondary N) is 1. The van der Waals surface area contributed by atoms with E-state index in [2.05, 4.69) is 22.1 Å². The molecule has 124 valence electrons. The molecule has 0 aliphatic carbocycles. The zero-order chi connectivity index (χ0) is 17.0. The minimum Gasteiger partial charge on any atom is -0.618 e. The van der Waals surface area contributed by atoms with Gasteiger partial charge in [-0.3, -0.25) is 4.98 Å². The molecule has 1 saturated heterocycles. The number of nitrogens with zero attached hydrogens (tertiary/aromatic N) is 2. The summed E-state index contributed by atoms with van der Waals surface area (Å²) in [6.45, 7) is 0.882. The van der Waals surface area contributed by atoms with E-state index in [0.717, 1.165) is 16.3 Å². The molecule has 6 nitrogen and oxygen atoms in total. The van der Waals surface area contributed by atoms with Crippen LogP contribution in [0.1, 0.15) is 24.8 Å². The molecular formula is C18H19N3O3. The number of rotatable bonds is 3. The summed E-state index contributed by atoms with van der Waals surface area (Å²) in [5.74, 6) is 6.04. The van der Waals surface area contributed by atoms with Crippen molar-refractivity contribution in [3.63, 3.8) is 0 Å². The Kier molecular flexibility index (Phi) is 4.76. The molecule has 1 aliphatic rings. The molecule has 0 radical (unpaired) electrons. The third-order valence-electron chi connectivity index (χ3n) is 4.07. The van der Waals surface area contributed by atoms with Gasteiger partial charge in [-0.05, 0) is 24.6 Å². The average molecular weight is 325 g/mol. The molecule has 1 atom stereocenters. The molecular weight excluding hydrogens is 306 g/mol. The number of carbonyl (C=O) groups is 1. The smallest absolute Gasteiger partial charge is 0.421 e. The number of urea groups is 1. The molecule has 24 heavy (non-hydrogen) atoms. The minimum atomic E-state index is -1.02. The highest BCUT2D eigenvalue weighted by atomic mass is 16.6. The maximum atomic E-state index is 13.0. The lowest BCUT2D eigenvalue weighted by Gasteiger charge is -2.41. The first kappa shape index (κ1) is 16.4. The standard InChI is InChI=1S/C18H19N3O3/c22-10-3-1-2-5-14-6-7-16-15(11-14)12-19-13-17(16)21(24)9-4-8-20-18(21)23/h6-7,11-13,22H,1,3-4,8-10H2,(H,20,23). The fourth-order valence-electron chi connectivity index (χ4n) is 2.81. The fourth-order valence-corrected chi connectivity index (χ4v) is 2.81. The molecule has 3 rings (SSSR count). The van der Waals surface area contributed by atoms with E-state index in [9.17, 15) is 10.0 Å². The number of benzene rings is 1. The monoisotopic (exact) mass is 325 g/mol. The van der Waals surface area contributed by atoms with Crippen LogP contribution >= 0.6 is 0 Å². The second-order valence-corrected chi connectivity index (χ2v) is 5.77. The Morgan fingerprint density at radius 3 is 3.04 bits per heavy atom. The molecule has 1 aromatic heterocycles. The number of aliphatic hydroxyl groups is 1. The van der Waals surface area contributed by atoms with Crippen molar-refractivity contribution in [2.45, 2.75) is 19.3 Å². The molecule has 0 bridgehead atoms. The number of quaternary nitrogens is 1. The summed E-state index contributed by atoms with van der Waals surface area (Å²) in [6, 6.07) is 4.99. The Morgan fingerprint density at radius 1 is 1.38 bits per heavy atom. The Balaban J connectivity index is 1.99. The molecule has 1 aliphatic heterocycles. The predicted molar refractivity (Wildman–Crippen MR) is 93.0 cm³/mol. The van der Waals surface area contributed by atoms with Crippen LogP contribution in [0.4, 0.5) is 10.5 Å². The summed E-state index contributed by atoms with van der Waals surface area (Å²) < 4.78 is -1.02. The largest absolute Gasteiger partial charge is 0.618 e. The van der Waals surface area contributed by atoms with Gasteiger partial charge in [-0.1, -0.05) is 11.8 Å². The van der Waals surface area contributed by atoms with Crippen LogP contribution in [0.3, 0.4) is 0 Å². The SMILES string of the molecule is O=C1NCCC[N+]1([O-])c1cncc2cc(C#CCCCO)ccc12. The average Bonchev–Trinajstić information content (AvgIpc) is 2.60. The van der Waals surface area contributed by atoms with Crippen LogP contribution in [-0.2, 0) is 0 Å². The number of pyridine rings is 1. The van der Waals surface area contributed by atoms with Gasteiger partial charge < -0.3 is 15.6 Å². The summed E-state index contributed by atoms with van der Waals surface area (Å²) in [4.78, 5) is 16.2. The van der Waals surface area contributed by atoms with Gasteiger partial charge in [0.1, 0.15) is 0 Å². The van der Waals surface area contributed by atoms with Crippen molar-refractivity contribution in [2.24, 2.45) is 0 Å².